The fourth-order valence-electron chi connectivity index (χ4n) is 4.07. The highest BCUT2D eigenvalue weighted by atomic mass is 16.7. The van der Waals surface area contributed by atoms with Crippen LogP contribution in [0, 0.1) is 0 Å². The van der Waals surface area contributed by atoms with E-state index in [4.69, 9.17) is 9.47 Å². The smallest absolute Gasteiger partial charge is 0.293 e. The Morgan fingerprint density at radius 3 is 2.79 bits per heavy atom. The summed E-state index contributed by atoms with van der Waals surface area (Å²) in [5, 5.41) is 13.6. The molecule has 0 bridgehead atoms. The molecule has 168 valence electrons. The maximum absolute atomic E-state index is 13.0. The highest BCUT2D eigenvalue weighted by Crippen LogP contribution is 2.32. The van der Waals surface area contributed by atoms with Gasteiger partial charge < -0.3 is 14.8 Å². The third-order valence-electron chi connectivity index (χ3n) is 5.78. The number of aromatic nitrogens is 4. The molecular weight excluding hydrogens is 434 g/mol. The predicted octanol–water partition coefficient (Wildman–Crippen LogP) is 2.76. The molecule has 0 spiro atoms. The van der Waals surface area contributed by atoms with Gasteiger partial charge in [0.2, 0.25) is 12.7 Å². The highest BCUT2D eigenvalue weighted by molar-refractivity contribution is 5.96. The molecule has 1 aliphatic heterocycles. The van der Waals surface area contributed by atoms with Gasteiger partial charge in [-0.25, -0.2) is 9.20 Å². The van der Waals surface area contributed by atoms with E-state index in [-0.39, 0.29) is 24.8 Å². The fraction of sp³-hybridized carbons (Fsp3) is 0.120. The summed E-state index contributed by atoms with van der Waals surface area (Å²) in [6.07, 6.45) is 1.44. The Labute approximate surface area is 193 Å². The Kier molecular flexibility index (Phi) is 4.72. The number of hydrogen-bond donors (Lipinski definition) is 1. The van der Waals surface area contributed by atoms with E-state index in [1.54, 1.807) is 12.1 Å². The quantitative estimate of drug-likeness (QED) is 0.439. The summed E-state index contributed by atoms with van der Waals surface area (Å²) in [6, 6.07) is 21.2. The topological polar surface area (TPSA) is 99.8 Å². The molecule has 3 aromatic carbocycles. The molecule has 1 aliphatic rings. The second kappa shape index (κ2) is 8.04. The molecule has 9 nitrogen and oxygen atoms in total. The third-order valence-corrected chi connectivity index (χ3v) is 5.78. The molecule has 5 aromatic rings. The molecule has 0 saturated heterocycles. The van der Waals surface area contributed by atoms with Gasteiger partial charge in [0, 0.05) is 12.1 Å². The van der Waals surface area contributed by atoms with Crippen LogP contribution in [0.15, 0.2) is 77.9 Å². The average molecular weight is 453 g/mol. The van der Waals surface area contributed by atoms with E-state index >= 15 is 0 Å². The molecule has 9 heteroatoms. The summed E-state index contributed by atoms with van der Waals surface area (Å²) in [7, 11) is 0. The summed E-state index contributed by atoms with van der Waals surface area (Å²) in [5.74, 6) is 1.01. The van der Waals surface area contributed by atoms with Crippen molar-refractivity contribution in [1.29, 1.82) is 0 Å². The van der Waals surface area contributed by atoms with Crippen LogP contribution in [0.5, 0.6) is 11.5 Å². The van der Waals surface area contributed by atoms with Crippen molar-refractivity contribution in [2.24, 2.45) is 0 Å². The molecule has 1 N–H and O–H groups in total. The zero-order valence-electron chi connectivity index (χ0n) is 18.0. The number of carbonyl (C=O) groups is 1. The molecule has 6 rings (SSSR count). The van der Waals surface area contributed by atoms with E-state index in [0.717, 1.165) is 26.6 Å². The molecule has 0 aliphatic carbocycles. The average Bonchev–Trinajstić information content (AvgIpc) is 3.51. The molecule has 0 saturated carbocycles. The van der Waals surface area contributed by atoms with Gasteiger partial charge >= 0.3 is 0 Å². The van der Waals surface area contributed by atoms with E-state index in [1.807, 2.05) is 54.6 Å². The number of rotatable bonds is 5. The van der Waals surface area contributed by atoms with Gasteiger partial charge in [0.25, 0.3) is 5.56 Å². The van der Waals surface area contributed by atoms with Crippen LogP contribution in [0.25, 0.3) is 27.5 Å². The maximum atomic E-state index is 13.0. The maximum Gasteiger partial charge on any atom is 0.293 e. The van der Waals surface area contributed by atoms with Crippen molar-refractivity contribution in [3.05, 3.63) is 89.0 Å². The molecule has 1 amide bonds. The standard InChI is InChI=1S/C25H19N5O4/c31-24(26-12-16-8-9-22-23(10-16)34-15-33-22)13-29-25(32)21-11-20(28-30(21)14-27-29)19-7-3-5-17-4-1-2-6-18(17)19/h1-11,14H,12-13,15H2,(H,26,31). The molecule has 3 heterocycles. The molecule has 0 radical (unpaired) electrons. The van der Waals surface area contributed by atoms with Gasteiger partial charge in [-0.1, -0.05) is 48.5 Å². The van der Waals surface area contributed by atoms with Gasteiger partial charge in [0.15, 0.2) is 11.5 Å². The molecule has 0 unspecified atom stereocenters. The summed E-state index contributed by atoms with van der Waals surface area (Å²) >= 11 is 0. The van der Waals surface area contributed by atoms with Crippen LogP contribution in [0.1, 0.15) is 5.56 Å². The van der Waals surface area contributed by atoms with Crippen LogP contribution >= 0.6 is 0 Å². The minimum Gasteiger partial charge on any atom is -0.454 e. The molecule has 34 heavy (non-hydrogen) atoms. The Bertz CT molecular complexity index is 1620. The van der Waals surface area contributed by atoms with Gasteiger partial charge in [0.1, 0.15) is 18.4 Å². The van der Waals surface area contributed by atoms with Crippen molar-refractivity contribution < 1.29 is 14.3 Å². The largest absolute Gasteiger partial charge is 0.454 e. The molecule has 2 aromatic heterocycles. The second-order valence-electron chi connectivity index (χ2n) is 7.94. The Hall–Kier alpha value is -4.66. The lowest BCUT2D eigenvalue weighted by molar-refractivity contribution is -0.122. The summed E-state index contributed by atoms with van der Waals surface area (Å²) < 4.78 is 13.2. The van der Waals surface area contributed by atoms with Gasteiger partial charge in [-0.3, -0.25) is 9.59 Å². The van der Waals surface area contributed by atoms with Gasteiger partial charge in [0.05, 0.1) is 5.69 Å². The van der Waals surface area contributed by atoms with Gasteiger partial charge in [-0.2, -0.15) is 10.2 Å². The minimum atomic E-state index is -0.389. The predicted molar refractivity (Wildman–Crippen MR) is 125 cm³/mol. The van der Waals surface area contributed by atoms with Crippen LogP contribution in [0.4, 0.5) is 0 Å². The van der Waals surface area contributed by atoms with E-state index in [2.05, 4.69) is 15.5 Å². The van der Waals surface area contributed by atoms with Crippen LogP contribution in [-0.2, 0) is 17.9 Å². The number of hydrogen-bond acceptors (Lipinski definition) is 6. The van der Waals surface area contributed by atoms with E-state index < -0.39 is 0 Å². The lowest BCUT2D eigenvalue weighted by Gasteiger charge is -2.07. The zero-order chi connectivity index (χ0) is 23.1. The van der Waals surface area contributed by atoms with Crippen LogP contribution in [-0.4, -0.2) is 32.1 Å². The van der Waals surface area contributed by atoms with Crippen molar-refractivity contribution in [3.63, 3.8) is 0 Å². The second-order valence-corrected chi connectivity index (χ2v) is 7.94. The third kappa shape index (κ3) is 3.53. The number of benzene rings is 3. The Morgan fingerprint density at radius 2 is 1.85 bits per heavy atom. The lowest BCUT2D eigenvalue weighted by Crippen LogP contribution is -2.34. The normalized spacial score (nSPS) is 12.4. The zero-order valence-corrected chi connectivity index (χ0v) is 18.0. The number of nitrogens with zero attached hydrogens (tertiary/aromatic N) is 4. The summed E-state index contributed by atoms with van der Waals surface area (Å²) in [6.45, 7) is 0.290. The van der Waals surface area contributed by atoms with Gasteiger partial charge in [-0.05, 0) is 34.5 Å². The molecule has 0 atom stereocenters. The summed E-state index contributed by atoms with van der Waals surface area (Å²) in [4.78, 5) is 25.5. The van der Waals surface area contributed by atoms with Gasteiger partial charge in [-0.15, -0.1) is 0 Å². The number of ether oxygens (including phenoxy) is 2. The number of nitrogens with one attached hydrogen (secondary N) is 1. The van der Waals surface area contributed by atoms with Crippen molar-refractivity contribution in [1.82, 2.24) is 24.7 Å². The van der Waals surface area contributed by atoms with Crippen LogP contribution < -0.4 is 20.3 Å². The minimum absolute atomic E-state index is 0.193. The first-order chi connectivity index (χ1) is 16.7. The Morgan fingerprint density at radius 1 is 1.00 bits per heavy atom. The number of fused-ring (bicyclic) bond motifs is 3. The highest BCUT2D eigenvalue weighted by Gasteiger charge is 2.15. The summed E-state index contributed by atoms with van der Waals surface area (Å²) in [5.41, 5.74) is 2.42. The molecule has 0 fully saturated rings. The number of carbonyl (C=O) groups excluding carboxylic acids is 1. The van der Waals surface area contributed by atoms with Crippen molar-refractivity contribution in [3.8, 4) is 22.8 Å². The monoisotopic (exact) mass is 453 g/mol. The fourth-order valence-corrected chi connectivity index (χ4v) is 4.07. The van der Waals surface area contributed by atoms with Crippen molar-refractivity contribution in [2.75, 3.05) is 6.79 Å². The first-order valence-electron chi connectivity index (χ1n) is 10.7. The number of amides is 1. The Balaban J connectivity index is 1.23. The van der Waals surface area contributed by atoms with E-state index in [0.29, 0.717) is 29.3 Å². The van der Waals surface area contributed by atoms with Crippen LogP contribution in [0.3, 0.4) is 0 Å². The van der Waals surface area contributed by atoms with E-state index in [9.17, 15) is 9.59 Å². The van der Waals surface area contributed by atoms with Crippen LogP contribution in [0.2, 0.25) is 0 Å². The lowest BCUT2D eigenvalue weighted by atomic mass is 10.0. The SMILES string of the molecule is O=C(Cn1ncn2nc(-c3cccc4ccccc34)cc2c1=O)NCc1ccc2c(c1)OCO2. The first-order valence-corrected chi connectivity index (χ1v) is 10.7. The first kappa shape index (κ1) is 20.0. The van der Waals surface area contributed by atoms with E-state index in [1.165, 1.54) is 10.8 Å². The molecular formula is C25H19N5O4. The van der Waals surface area contributed by atoms with Crippen molar-refractivity contribution in [2.45, 2.75) is 13.1 Å². The van der Waals surface area contributed by atoms with Crippen molar-refractivity contribution >= 4 is 22.2 Å².